The van der Waals surface area contributed by atoms with Gasteiger partial charge in [0.1, 0.15) is 11.6 Å². The summed E-state index contributed by atoms with van der Waals surface area (Å²) in [5.41, 5.74) is 0.103. The van der Waals surface area contributed by atoms with Crippen LogP contribution in [0.1, 0.15) is 29.8 Å². The van der Waals surface area contributed by atoms with E-state index in [-0.39, 0.29) is 23.8 Å². The van der Waals surface area contributed by atoms with Gasteiger partial charge < -0.3 is 20.4 Å². The fourth-order valence-electron chi connectivity index (χ4n) is 2.98. The number of rotatable bonds is 5. The largest absolute Gasteiger partial charge is 0.506 e. The first-order valence-electron chi connectivity index (χ1n) is 8.67. The van der Waals surface area contributed by atoms with Crippen LogP contribution in [-0.2, 0) is 6.54 Å². The van der Waals surface area contributed by atoms with E-state index in [9.17, 15) is 19.4 Å². The lowest BCUT2D eigenvalue weighted by Gasteiger charge is -2.46. The van der Waals surface area contributed by atoms with Gasteiger partial charge in [0, 0.05) is 36.6 Å². The van der Waals surface area contributed by atoms with E-state index < -0.39 is 17.3 Å². The summed E-state index contributed by atoms with van der Waals surface area (Å²) in [5.74, 6) is -1.44. The SMILES string of the molecule is CC(C)(O)C1CN(c2cc(F)c(C(=O)NCc3ccc(Cl)cc3)cc2O)C1. The highest BCUT2D eigenvalue weighted by Gasteiger charge is 2.38. The van der Waals surface area contributed by atoms with Gasteiger partial charge in [0.25, 0.3) is 5.91 Å². The normalized spacial score (nSPS) is 14.8. The average Bonchev–Trinajstić information content (AvgIpc) is 2.54. The van der Waals surface area contributed by atoms with Crippen molar-refractivity contribution in [3.63, 3.8) is 0 Å². The Bertz CT molecular complexity index is 844. The van der Waals surface area contributed by atoms with Gasteiger partial charge in [-0.25, -0.2) is 4.39 Å². The van der Waals surface area contributed by atoms with E-state index in [2.05, 4.69) is 5.32 Å². The van der Waals surface area contributed by atoms with Gasteiger partial charge >= 0.3 is 0 Å². The molecule has 7 heteroatoms. The van der Waals surface area contributed by atoms with Gasteiger partial charge in [-0.3, -0.25) is 4.79 Å². The lowest BCUT2D eigenvalue weighted by molar-refractivity contribution is 0.00446. The Morgan fingerprint density at radius 1 is 1.30 bits per heavy atom. The Hall–Kier alpha value is -2.31. The molecular weight excluding hydrogens is 371 g/mol. The minimum absolute atomic E-state index is 0.0438. The number of anilines is 1. The number of halogens is 2. The van der Waals surface area contributed by atoms with Crippen LogP contribution < -0.4 is 10.2 Å². The summed E-state index contributed by atoms with van der Waals surface area (Å²) in [6.45, 7) is 4.70. The molecule has 0 atom stereocenters. The smallest absolute Gasteiger partial charge is 0.254 e. The van der Waals surface area contributed by atoms with E-state index in [1.807, 2.05) is 0 Å². The number of carbonyl (C=O) groups is 1. The number of nitrogens with one attached hydrogen (secondary N) is 1. The van der Waals surface area contributed by atoms with Crippen molar-refractivity contribution in [2.75, 3.05) is 18.0 Å². The zero-order valence-electron chi connectivity index (χ0n) is 15.2. The number of hydrogen-bond acceptors (Lipinski definition) is 4. The summed E-state index contributed by atoms with van der Waals surface area (Å²) in [4.78, 5) is 14.0. The highest BCUT2D eigenvalue weighted by atomic mass is 35.5. The van der Waals surface area contributed by atoms with Crippen LogP contribution in [0, 0.1) is 11.7 Å². The molecule has 0 bridgehead atoms. The summed E-state index contributed by atoms with van der Waals surface area (Å²) in [6, 6.07) is 9.24. The number of aromatic hydroxyl groups is 1. The number of amides is 1. The van der Waals surface area contributed by atoms with Crippen molar-refractivity contribution < 1.29 is 19.4 Å². The van der Waals surface area contributed by atoms with Crippen LogP contribution in [0.15, 0.2) is 36.4 Å². The fourth-order valence-corrected chi connectivity index (χ4v) is 3.11. The van der Waals surface area contributed by atoms with E-state index in [0.717, 1.165) is 17.7 Å². The molecule has 1 saturated heterocycles. The third-order valence-corrected chi connectivity index (χ3v) is 5.15. The molecule has 1 fully saturated rings. The summed E-state index contributed by atoms with van der Waals surface area (Å²) in [7, 11) is 0. The number of benzene rings is 2. The summed E-state index contributed by atoms with van der Waals surface area (Å²) < 4.78 is 14.4. The number of carbonyl (C=O) groups excluding carboxylic acids is 1. The van der Waals surface area contributed by atoms with E-state index >= 15 is 0 Å². The topological polar surface area (TPSA) is 72.8 Å². The summed E-state index contributed by atoms with van der Waals surface area (Å²) >= 11 is 5.82. The van der Waals surface area contributed by atoms with Crippen LogP contribution in [0.4, 0.5) is 10.1 Å². The number of hydrogen-bond donors (Lipinski definition) is 3. The van der Waals surface area contributed by atoms with Gasteiger partial charge in [-0.05, 0) is 37.6 Å². The molecule has 1 heterocycles. The molecule has 0 aliphatic carbocycles. The second-order valence-corrected chi connectivity index (χ2v) is 7.82. The minimum atomic E-state index is -0.827. The second-order valence-electron chi connectivity index (χ2n) is 7.39. The number of phenolic OH excluding ortho intramolecular Hbond substituents is 1. The molecule has 1 aliphatic heterocycles. The highest BCUT2D eigenvalue weighted by Crippen LogP contribution is 2.37. The average molecular weight is 393 g/mol. The van der Waals surface area contributed by atoms with Crippen LogP contribution in [0.3, 0.4) is 0 Å². The molecule has 1 aliphatic rings. The molecule has 2 aromatic carbocycles. The van der Waals surface area contributed by atoms with Crippen molar-refractivity contribution >= 4 is 23.2 Å². The standard InChI is InChI=1S/C20H22ClFN2O3/c1-20(2,27)13-10-24(11-13)17-8-16(22)15(7-18(17)25)19(26)23-9-12-3-5-14(21)6-4-12/h3-8,13,25,27H,9-11H2,1-2H3,(H,23,26). The first kappa shape index (κ1) is 19.5. The van der Waals surface area contributed by atoms with Crippen molar-refractivity contribution in [3.8, 4) is 5.75 Å². The maximum Gasteiger partial charge on any atom is 0.254 e. The molecule has 144 valence electrons. The van der Waals surface area contributed by atoms with Crippen molar-refractivity contribution in [3.05, 3.63) is 58.4 Å². The molecule has 0 aromatic heterocycles. The molecule has 27 heavy (non-hydrogen) atoms. The lowest BCUT2D eigenvalue weighted by atomic mass is 9.84. The lowest BCUT2D eigenvalue weighted by Crippen LogP contribution is -2.55. The molecule has 3 N–H and O–H groups in total. The Morgan fingerprint density at radius 3 is 2.52 bits per heavy atom. The summed E-state index contributed by atoms with van der Waals surface area (Å²) in [6.07, 6.45) is 0. The quantitative estimate of drug-likeness (QED) is 0.729. The fraction of sp³-hybridized carbons (Fsp3) is 0.350. The van der Waals surface area contributed by atoms with Crippen molar-refractivity contribution in [1.29, 1.82) is 0 Å². The molecule has 0 unspecified atom stereocenters. The van der Waals surface area contributed by atoms with Gasteiger partial charge in [-0.1, -0.05) is 23.7 Å². The first-order chi connectivity index (χ1) is 12.6. The molecule has 0 radical (unpaired) electrons. The minimum Gasteiger partial charge on any atom is -0.506 e. The highest BCUT2D eigenvalue weighted by molar-refractivity contribution is 6.30. The zero-order valence-corrected chi connectivity index (χ0v) is 15.9. The van der Waals surface area contributed by atoms with Crippen LogP contribution in [0.2, 0.25) is 5.02 Å². The van der Waals surface area contributed by atoms with Gasteiger partial charge in [0.2, 0.25) is 0 Å². The summed E-state index contributed by atoms with van der Waals surface area (Å²) in [5, 5.41) is 23.4. The second kappa shape index (κ2) is 7.37. The monoisotopic (exact) mass is 392 g/mol. The number of nitrogens with zero attached hydrogens (tertiary/aromatic N) is 1. The van der Waals surface area contributed by atoms with Gasteiger partial charge in [0.05, 0.1) is 16.9 Å². The maximum atomic E-state index is 14.4. The van der Waals surface area contributed by atoms with E-state index in [4.69, 9.17) is 11.6 Å². The Balaban J connectivity index is 1.67. The van der Waals surface area contributed by atoms with Crippen molar-refractivity contribution in [2.24, 2.45) is 5.92 Å². The van der Waals surface area contributed by atoms with Crippen LogP contribution in [0.25, 0.3) is 0 Å². The molecule has 2 aromatic rings. The first-order valence-corrected chi connectivity index (χ1v) is 9.05. The third-order valence-electron chi connectivity index (χ3n) is 4.90. The Kier molecular flexibility index (Phi) is 5.31. The Morgan fingerprint density at radius 2 is 1.93 bits per heavy atom. The van der Waals surface area contributed by atoms with Gasteiger partial charge in [-0.15, -0.1) is 0 Å². The Labute approximate surface area is 162 Å². The predicted octanol–water partition coefficient (Wildman–Crippen LogP) is 3.32. The van der Waals surface area contributed by atoms with Crippen LogP contribution in [-0.4, -0.2) is 34.8 Å². The van der Waals surface area contributed by atoms with Crippen molar-refractivity contribution in [2.45, 2.75) is 26.0 Å². The molecule has 0 spiro atoms. The molecule has 3 rings (SSSR count). The van der Waals surface area contributed by atoms with Crippen molar-refractivity contribution in [1.82, 2.24) is 5.32 Å². The number of phenols is 1. The predicted molar refractivity (Wildman–Crippen MR) is 103 cm³/mol. The number of aliphatic hydroxyl groups is 1. The zero-order chi connectivity index (χ0) is 19.8. The third kappa shape index (κ3) is 4.34. The molecule has 1 amide bonds. The molecular formula is C20H22ClFN2O3. The van der Waals surface area contributed by atoms with Crippen LogP contribution >= 0.6 is 11.6 Å². The van der Waals surface area contributed by atoms with E-state index in [1.54, 1.807) is 43.0 Å². The van der Waals surface area contributed by atoms with Gasteiger partial charge in [0.15, 0.2) is 0 Å². The molecule has 5 nitrogen and oxygen atoms in total. The van der Waals surface area contributed by atoms with E-state index in [1.165, 1.54) is 0 Å². The maximum absolute atomic E-state index is 14.4. The van der Waals surface area contributed by atoms with Crippen LogP contribution in [0.5, 0.6) is 5.75 Å². The molecule has 0 saturated carbocycles. The van der Waals surface area contributed by atoms with Gasteiger partial charge in [-0.2, -0.15) is 0 Å². The van der Waals surface area contributed by atoms with E-state index in [0.29, 0.717) is 23.8 Å².